The summed E-state index contributed by atoms with van der Waals surface area (Å²) in [6, 6.07) is 84.8. The van der Waals surface area contributed by atoms with Crippen molar-refractivity contribution >= 4 is 49.8 Å². The lowest BCUT2D eigenvalue weighted by Gasteiger charge is -2.27. The first-order valence-corrected chi connectivity index (χ1v) is 20.5. The van der Waals surface area contributed by atoms with Gasteiger partial charge in [0.1, 0.15) is 11.2 Å². The molecule has 2 nitrogen and oxygen atoms in total. The Morgan fingerprint density at radius 1 is 0.267 bits per heavy atom. The Morgan fingerprint density at radius 2 is 0.733 bits per heavy atom. The number of benzene rings is 10. The van der Waals surface area contributed by atoms with E-state index in [4.69, 9.17) is 4.42 Å². The molecule has 10 aromatic carbocycles. The van der Waals surface area contributed by atoms with Crippen molar-refractivity contribution in [1.29, 1.82) is 0 Å². The molecule has 0 spiro atoms. The maximum absolute atomic E-state index is 6.39. The molecule has 0 atom stereocenters. The van der Waals surface area contributed by atoms with Crippen molar-refractivity contribution in [2.45, 2.75) is 0 Å². The molecular weight excluding hydrogens is 727 g/mol. The van der Waals surface area contributed by atoms with Crippen LogP contribution < -0.4 is 4.90 Å². The van der Waals surface area contributed by atoms with Crippen LogP contribution in [0, 0.1) is 0 Å². The molecule has 1 heterocycles. The van der Waals surface area contributed by atoms with Crippen molar-refractivity contribution in [1.82, 2.24) is 0 Å². The van der Waals surface area contributed by atoms with Crippen molar-refractivity contribution in [2.24, 2.45) is 0 Å². The van der Waals surface area contributed by atoms with Crippen LogP contribution in [0.3, 0.4) is 0 Å². The van der Waals surface area contributed by atoms with E-state index in [1.165, 1.54) is 55.3 Å². The predicted octanol–water partition coefficient (Wildman–Crippen LogP) is 16.5. The maximum Gasteiger partial charge on any atom is 0.137 e. The van der Waals surface area contributed by atoms with Crippen LogP contribution in [0.5, 0.6) is 0 Å². The SMILES string of the molecule is c1ccc(-c2ccc(-c3cccc(N(c4ccc(-c5ccc(-c6cccc(-c7ccc8ccccc8c7)c6)cc5)cc4)c4cccc5oc6ccccc6c45)c3)cc2)cc1. The Kier molecular flexibility index (Phi) is 8.87. The van der Waals surface area contributed by atoms with Gasteiger partial charge in [-0.2, -0.15) is 0 Å². The quantitative estimate of drug-likeness (QED) is 0.153. The van der Waals surface area contributed by atoms with E-state index in [1.807, 2.05) is 12.1 Å². The highest BCUT2D eigenvalue weighted by Gasteiger charge is 2.20. The molecule has 11 rings (SSSR count). The Labute approximate surface area is 349 Å². The second-order valence-electron chi connectivity index (χ2n) is 15.3. The summed E-state index contributed by atoms with van der Waals surface area (Å²) in [5.41, 5.74) is 16.9. The largest absolute Gasteiger partial charge is 0.456 e. The van der Waals surface area contributed by atoms with Gasteiger partial charge in [0.25, 0.3) is 0 Å². The molecule has 0 unspecified atom stereocenters. The lowest BCUT2D eigenvalue weighted by molar-refractivity contribution is 0.669. The molecule has 0 saturated heterocycles. The summed E-state index contributed by atoms with van der Waals surface area (Å²) in [5, 5.41) is 4.70. The van der Waals surface area contributed by atoms with Gasteiger partial charge in [-0.3, -0.25) is 0 Å². The van der Waals surface area contributed by atoms with Crippen LogP contribution in [0.2, 0.25) is 0 Å². The van der Waals surface area contributed by atoms with Crippen LogP contribution in [-0.2, 0) is 0 Å². The molecule has 0 aliphatic heterocycles. The van der Waals surface area contributed by atoms with E-state index in [9.17, 15) is 0 Å². The molecule has 0 amide bonds. The molecule has 0 aliphatic carbocycles. The predicted molar refractivity (Wildman–Crippen MR) is 253 cm³/mol. The van der Waals surface area contributed by atoms with Crippen molar-refractivity contribution in [2.75, 3.05) is 4.90 Å². The van der Waals surface area contributed by atoms with Gasteiger partial charge in [0.2, 0.25) is 0 Å². The van der Waals surface area contributed by atoms with Crippen LogP contribution in [0.1, 0.15) is 0 Å². The maximum atomic E-state index is 6.39. The number of fused-ring (bicyclic) bond motifs is 4. The van der Waals surface area contributed by atoms with Gasteiger partial charge in [0, 0.05) is 16.8 Å². The second kappa shape index (κ2) is 15.1. The van der Waals surface area contributed by atoms with Gasteiger partial charge < -0.3 is 9.32 Å². The normalized spacial score (nSPS) is 11.3. The zero-order valence-electron chi connectivity index (χ0n) is 32.9. The van der Waals surface area contributed by atoms with E-state index >= 15 is 0 Å². The first-order chi connectivity index (χ1) is 29.7. The average molecular weight is 766 g/mol. The lowest BCUT2D eigenvalue weighted by atomic mass is 9.96. The van der Waals surface area contributed by atoms with Crippen LogP contribution in [0.4, 0.5) is 17.1 Å². The van der Waals surface area contributed by atoms with E-state index in [-0.39, 0.29) is 0 Å². The molecule has 0 radical (unpaired) electrons. The molecule has 60 heavy (non-hydrogen) atoms. The molecule has 0 aliphatic rings. The van der Waals surface area contributed by atoms with Crippen LogP contribution in [0.15, 0.2) is 241 Å². The molecule has 0 fully saturated rings. The Morgan fingerprint density at radius 3 is 1.45 bits per heavy atom. The first-order valence-electron chi connectivity index (χ1n) is 20.5. The highest BCUT2D eigenvalue weighted by Crippen LogP contribution is 2.44. The summed E-state index contributed by atoms with van der Waals surface area (Å²) >= 11 is 0. The average Bonchev–Trinajstić information content (AvgIpc) is 3.72. The van der Waals surface area contributed by atoms with Gasteiger partial charge in [0.05, 0.1) is 11.1 Å². The Bertz CT molecular complexity index is 3290. The minimum absolute atomic E-state index is 0.867. The van der Waals surface area contributed by atoms with Crippen LogP contribution in [-0.4, -0.2) is 0 Å². The number of anilines is 3. The van der Waals surface area contributed by atoms with Crippen LogP contribution >= 0.6 is 0 Å². The third-order valence-corrected chi connectivity index (χ3v) is 11.7. The van der Waals surface area contributed by atoms with E-state index in [1.54, 1.807) is 0 Å². The summed E-state index contributed by atoms with van der Waals surface area (Å²) in [6.45, 7) is 0. The minimum atomic E-state index is 0.867. The van der Waals surface area contributed by atoms with Gasteiger partial charge in [-0.05, 0) is 121 Å². The van der Waals surface area contributed by atoms with E-state index in [0.717, 1.165) is 50.1 Å². The van der Waals surface area contributed by atoms with Crippen LogP contribution in [0.25, 0.3) is 88.3 Å². The number of rotatable bonds is 8. The Balaban J connectivity index is 0.937. The van der Waals surface area contributed by atoms with Crippen molar-refractivity contribution in [3.8, 4) is 55.6 Å². The van der Waals surface area contributed by atoms with Crippen molar-refractivity contribution in [3.63, 3.8) is 0 Å². The second-order valence-corrected chi connectivity index (χ2v) is 15.3. The number of para-hydroxylation sites is 1. The molecule has 0 bridgehead atoms. The van der Waals surface area contributed by atoms with Gasteiger partial charge in [-0.1, -0.05) is 182 Å². The topological polar surface area (TPSA) is 16.4 Å². The fourth-order valence-electron chi connectivity index (χ4n) is 8.59. The number of hydrogen-bond acceptors (Lipinski definition) is 2. The molecule has 1 aromatic heterocycles. The first kappa shape index (κ1) is 35.2. The van der Waals surface area contributed by atoms with Crippen molar-refractivity contribution in [3.05, 3.63) is 237 Å². The molecule has 282 valence electrons. The summed E-state index contributed by atoms with van der Waals surface area (Å²) in [5.74, 6) is 0. The van der Waals surface area contributed by atoms with E-state index in [2.05, 4.69) is 229 Å². The highest BCUT2D eigenvalue weighted by atomic mass is 16.3. The zero-order chi connectivity index (χ0) is 39.8. The number of nitrogens with zero attached hydrogens (tertiary/aromatic N) is 1. The number of furan rings is 1. The summed E-state index contributed by atoms with van der Waals surface area (Å²) in [4.78, 5) is 2.36. The molecular formula is C58H39NO. The van der Waals surface area contributed by atoms with Gasteiger partial charge in [0.15, 0.2) is 0 Å². The summed E-state index contributed by atoms with van der Waals surface area (Å²) in [6.07, 6.45) is 0. The smallest absolute Gasteiger partial charge is 0.137 e. The van der Waals surface area contributed by atoms with Crippen molar-refractivity contribution < 1.29 is 4.42 Å². The highest BCUT2D eigenvalue weighted by molar-refractivity contribution is 6.13. The fourth-order valence-corrected chi connectivity index (χ4v) is 8.59. The third kappa shape index (κ3) is 6.61. The van der Waals surface area contributed by atoms with Gasteiger partial charge in [-0.15, -0.1) is 0 Å². The fraction of sp³-hybridized carbons (Fsp3) is 0. The third-order valence-electron chi connectivity index (χ3n) is 11.7. The zero-order valence-corrected chi connectivity index (χ0v) is 32.9. The molecule has 0 N–H and O–H groups in total. The van der Waals surface area contributed by atoms with E-state index < -0.39 is 0 Å². The Hall–Kier alpha value is -7.94. The van der Waals surface area contributed by atoms with Gasteiger partial charge in [-0.25, -0.2) is 0 Å². The molecule has 11 aromatic rings. The monoisotopic (exact) mass is 765 g/mol. The number of hydrogen-bond donors (Lipinski definition) is 0. The molecule has 2 heteroatoms. The summed E-state index contributed by atoms with van der Waals surface area (Å²) < 4.78 is 6.39. The van der Waals surface area contributed by atoms with Gasteiger partial charge >= 0.3 is 0 Å². The summed E-state index contributed by atoms with van der Waals surface area (Å²) in [7, 11) is 0. The van der Waals surface area contributed by atoms with E-state index in [0.29, 0.717) is 0 Å². The lowest BCUT2D eigenvalue weighted by Crippen LogP contribution is -2.10. The molecule has 0 saturated carbocycles. The minimum Gasteiger partial charge on any atom is -0.456 e. The standard InChI is InChI=1S/C58H39NO/c1-2-11-40(12-3-1)42-23-29-46(30-24-42)50-17-9-18-53(39-50)59(55-20-10-22-57-58(55)54-19-6-7-21-56(54)60-57)52-35-33-44(34-36-52)43-25-27-45(28-26-43)48-15-8-16-49(37-48)51-32-31-41-13-4-5-14-47(41)38-51/h1-39H.